The molecule has 2 heterocycles. The van der Waals surface area contributed by atoms with E-state index in [1.807, 2.05) is 0 Å². The van der Waals surface area contributed by atoms with Gasteiger partial charge in [0.05, 0.1) is 10.6 Å². The van der Waals surface area contributed by atoms with Gasteiger partial charge in [-0.2, -0.15) is 0 Å². The fourth-order valence-corrected chi connectivity index (χ4v) is 2.03. The van der Waals surface area contributed by atoms with E-state index in [9.17, 15) is 9.59 Å². The van der Waals surface area contributed by atoms with Crippen LogP contribution in [-0.4, -0.2) is 33.2 Å². The van der Waals surface area contributed by atoms with Crippen LogP contribution in [0.15, 0.2) is 18.3 Å². The maximum absolute atomic E-state index is 11.9. The predicted molar refractivity (Wildman–Crippen MR) is 70.2 cm³/mol. The Bertz CT molecular complexity index is 481. The van der Waals surface area contributed by atoms with Crippen LogP contribution in [0.1, 0.15) is 40.1 Å². The zero-order chi connectivity index (χ0) is 13.1. The molecule has 0 unspecified atom stereocenters. The number of hydrogen-bond donors (Lipinski definition) is 1. The van der Waals surface area contributed by atoms with Crippen molar-refractivity contribution in [1.82, 2.24) is 9.88 Å². The summed E-state index contributed by atoms with van der Waals surface area (Å²) in [6.45, 7) is 0.386. The topological polar surface area (TPSA) is 76.3 Å². The molecule has 2 N–H and O–H groups in total. The Kier molecular flexibility index (Phi) is 3.66. The summed E-state index contributed by atoms with van der Waals surface area (Å²) in [5.74, 6) is -0.579. The van der Waals surface area contributed by atoms with Crippen molar-refractivity contribution < 1.29 is 9.59 Å². The molecule has 5 nitrogen and oxygen atoms in total. The monoisotopic (exact) mass is 263 g/mol. The predicted octanol–water partition coefficient (Wildman–Crippen LogP) is 1.13. The summed E-state index contributed by atoms with van der Waals surface area (Å²) in [6, 6.07) is 3.28. The van der Waals surface area contributed by atoms with Crippen molar-refractivity contribution in [3.05, 3.63) is 29.6 Å². The number of pyridine rings is 1. The lowest BCUT2D eigenvalue weighted by molar-refractivity contribution is 0.0650. The lowest BCUT2D eigenvalue weighted by Gasteiger charge is -2.12. The second-order valence-corrected chi connectivity index (χ2v) is 4.61. The largest absolute Gasteiger partial charge is 0.393 e. The maximum Gasteiger partial charge on any atom is 0.280 e. The average Bonchev–Trinajstić information content (AvgIpc) is 2.59. The summed E-state index contributed by atoms with van der Waals surface area (Å²) in [5.41, 5.74) is 6.02. The minimum Gasteiger partial charge on any atom is -0.393 e. The van der Waals surface area contributed by atoms with Gasteiger partial charge in [-0.25, -0.2) is 0 Å². The molecule has 94 valence electrons. The van der Waals surface area contributed by atoms with E-state index in [2.05, 4.69) is 4.98 Å². The highest BCUT2D eigenvalue weighted by atomic mass is 32.1. The van der Waals surface area contributed by atoms with E-state index in [1.54, 1.807) is 12.1 Å². The van der Waals surface area contributed by atoms with Gasteiger partial charge in [-0.1, -0.05) is 12.2 Å². The van der Waals surface area contributed by atoms with Gasteiger partial charge in [-0.05, 0) is 31.4 Å². The van der Waals surface area contributed by atoms with Crippen molar-refractivity contribution in [3.63, 3.8) is 0 Å². The Morgan fingerprint density at radius 1 is 1.33 bits per heavy atom. The van der Waals surface area contributed by atoms with E-state index < -0.39 is 0 Å². The van der Waals surface area contributed by atoms with Crippen LogP contribution < -0.4 is 5.73 Å². The van der Waals surface area contributed by atoms with Gasteiger partial charge in [-0.3, -0.25) is 19.5 Å². The number of aromatic nitrogens is 1. The van der Waals surface area contributed by atoms with Gasteiger partial charge < -0.3 is 5.73 Å². The van der Waals surface area contributed by atoms with Crippen LogP contribution in [0, 0.1) is 0 Å². The number of carbonyl (C=O) groups is 2. The third kappa shape index (κ3) is 2.38. The molecule has 0 saturated heterocycles. The highest BCUT2D eigenvalue weighted by molar-refractivity contribution is 7.80. The number of carbonyl (C=O) groups excluding carboxylic acids is 2. The molecule has 0 aromatic carbocycles. The molecule has 2 rings (SSSR count). The first-order chi connectivity index (χ1) is 8.61. The summed E-state index contributed by atoms with van der Waals surface area (Å²) < 4.78 is 0. The minimum absolute atomic E-state index is 0.247. The quantitative estimate of drug-likeness (QED) is 0.489. The van der Waals surface area contributed by atoms with E-state index >= 15 is 0 Å². The van der Waals surface area contributed by atoms with Crippen LogP contribution in [0.5, 0.6) is 0 Å². The molecule has 0 atom stereocenters. The van der Waals surface area contributed by atoms with E-state index in [1.165, 1.54) is 11.1 Å². The average molecular weight is 263 g/mol. The highest BCUT2D eigenvalue weighted by Gasteiger charge is 2.35. The number of thiocarbonyl (C=S) groups is 1. The number of fused-ring (bicyclic) bond motifs is 1. The van der Waals surface area contributed by atoms with Crippen molar-refractivity contribution in [3.8, 4) is 0 Å². The van der Waals surface area contributed by atoms with Gasteiger partial charge in [0, 0.05) is 12.7 Å². The molecule has 0 spiro atoms. The first-order valence-corrected chi connectivity index (χ1v) is 6.11. The second-order valence-electron chi connectivity index (χ2n) is 4.08. The van der Waals surface area contributed by atoms with Crippen molar-refractivity contribution in [2.24, 2.45) is 5.73 Å². The summed E-state index contributed by atoms with van der Waals surface area (Å²) in [4.78, 5) is 29.5. The number of nitrogens with two attached hydrogens (primary N) is 1. The van der Waals surface area contributed by atoms with Gasteiger partial charge in [0.25, 0.3) is 11.8 Å². The molecule has 0 bridgehead atoms. The van der Waals surface area contributed by atoms with Crippen LogP contribution in [0.25, 0.3) is 0 Å². The highest BCUT2D eigenvalue weighted by Crippen LogP contribution is 2.20. The van der Waals surface area contributed by atoms with Crippen molar-refractivity contribution in [2.45, 2.75) is 19.3 Å². The molecule has 0 aliphatic carbocycles. The zero-order valence-corrected chi connectivity index (χ0v) is 10.6. The second kappa shape index (κ2) is 5.22. The maximum atomic E-state index is 11.9. The normalized spacial score (nSPS) is 13.9. The van der Waals surface area contributed by atoms with Crippen LogP contribution >= 0.6 is 12.2 Å². The lowest BCUT2D eigenvalue weighted by atomic mass is 10.2. The fourth-order valence-electron chi connectivity index (χ4n) is 1.89. The molecule has 1 aromatic rings. The van der Waals surface area contributed by atoms with Gasteiger partial charge >= 0.3 is 0 Å². The van der Waals surface area contributed by atoms with Gasteiger partial charge in [0.15, 0.2) is 0 Å². The van der Waals surface area contributed by atoms with Crippen LogP contribution in [-0.2, 0) is 0 Å². The number of rotatable bonds is 5. The Morgan fingerprint density at radius 3 is 2.78 bits per heavy atom. The first-order valence-electron chi connectivity index (χ1n) is 5.71. The molecule has 0 saturated carbocycles. The van der Waals surface area contributed by atoms with Crippen molar-refractivity contribution >= 4 is 29.0 Å². The number of imide groups is 1. The number of nitrogens with zero attached hydrogens (tertiary/aromatic N) is 2. The number of amides is 2. The standard InChI is InChI=1S/C12H13N3O2S/c13-9(18)5-1-2-7-15-11(16)8-4-3-6-14-10(8)12(15)17/h3-4,6H,1-2,5,7H2,(H2,13,18). The third-order valence-electron chi connectivity index (χ3n) is 2.79. The summed E-state index contributed by atoms with van der Waals surface area (Å²) >= 11 is 4.77. The molecule has 6 heteroatoms. The SMILES string of the molecule is NC(=S)CCCCN1C(=O)c2cccnc2C1=O. The Balaban J connectivity index is 1.99. The molecule has 18 heavy (non-hydrogen) atoms. The molecular formula is C12H13N3O2S. The van der Waals surface area contributed by atoms with Crippen LogP contribution in [0.3, 0.4) is 0 Å². The fraction of sp³-hybridized carbons (Fsp3) is 0.333. The smallest absolute Gasteiger partial charge is 0.280 e. The van der Waals surface area contributed by atoms with Crippen LogP contribution in [0.4, 0.5) is 0 Å². The van der Waals surface area contributed by atoms with Crippen molar-refractivity contribution in [2.75, 3.05) is 6.54 Å². The molecule has 1 aromatic heterocycles. The van der Waals surface area contributed by atoms with E-state index in [4.69, 9.17) is 18.0 Å². The van der Waals surface area contributed by atoms with Gasteiger partial charge in [0.2, 0.25) is 0 Å². The summed E-state index contributed by atoms with van der Waals surface area (Å²) in [5, 5.41) is 0. The molecule has 0 fully saturated rings. The Morgan fingerprint density at radius 2 is 2.11 bits per heavy atom. The van der Waals surface area contributed by atoms with Crippen LogP contribution in [0.2, 0.25) is 0 Å². The molecular weight excluding hydrogens is 250 g/mol. The third-order valence-corrected chi connectivity index (χ3v) is 2.99. The molecule has 0 radical (unpaired) electrons. The number of unbranched alkanes of at least 4 members (excludes halogenated alkanes) is 1. The van der Waals surface area contributed by atoms with E-state index in [-0.39, 0.29) is 17.5 Å². The summed E-state index contributed by atoms with van der Waals surface area (Å²) in [7, 11) is 0. The molecule has 2 amide bonds. The minimum atomic E-state index is -0.314. The van der Waals surface area contributed by atoms with Gasteiger partial charge in [0.1, 0.15) is 5.69 Å². The molecule has 1 aliphatic heterocycles. The van der Waals surface area contributed by atoms with E-state index in [0.29, 0.717) is 29.9 Å². The number of hydrogen-bond acceptors (Lipinski definition) is 4. The van der Waals surface area contributed by atoms with Crippen molar-refractivity contribution in [1.29, 1.82) is 0 Å². The Hall–Kier alpha value is -1.82. The first kappa shape index (κ1) is 12.6. The Labute approximate surface area is 110 Å². The zero-order valence-electron chi connectivity index (χ0n) is 9.76. The lowest BCUT2D eigenvalue weighted by Crippen LogP contribution is -2.31. The molecule has 1 aliphatic rings. The summed E-state index contributed by atoms with van der Waals surface area (Å²) in [6.07, 6.45) is 3.62. The van der Waals surface area contributed by atoms with E-state index in [0.717, 1.165) is 6.42 Å². The van der Waals surface area contributed by atoms with Gasteiger partial charge in [-0.15, -0.1) is 0 Å².